The molecule has 0 amide bonds. The Bertz CT molecular complexity index is 577. The van der Waals surface area contributed by atoms with Crippen molar-refractivity contribution in [2.75, 3.05) is 0 Å². The van der Waals surface area contributed by atoms with E-state index in [9.17, 15) is 0 Å². The molecule has 102 valence electrons. The highest BCUT2D eigenvalue weighted by molar-refractivity contribution is 9.10. The van der Waals surface area contributed by atoms with Gasteiger partial charge >= 0.3 is 6.15 Å². The Labute approximate surface area is 124 Å². The largest absolute Gasteiger partial charge is 0.373 e. The molecule has 0 atom stereocenters. The minimum Gasteiger partial charge on any atom is -0.265 e. The molecule has 0 N–H and O–H groups in total. The van der Waals surface area contributed by atoms with Crippen LogP contribution in [0, 0.1) is 0 Å². The highest BCUT2D eigenvalue weighted by Crippen LogP contribution is 2.28. The molecule has 0 unspecified atom stereocenters. The Morgan fingerprint density at radius 2 is 2.05 bits per heavy atom. The van der Waals surface area contributed by atoms with Gasteiger partial charge in [-0.25, -0.2) is 0 Å². The molecule has 0 aliphatic heterocycles. The molecule has 2 rings (SSSR count). The molecule has 0 bridgehead atoms. The van der Waals surface area contributed by atoms with Crippen LogP contribution in [0.3, 0.4) is 0 Å². The quantitative estimate of drug-likeness (QED) is 0.785. The smallest absolute Gasteiger partial charge is 0.265 e. The third-order valence-corrected chi connectivity index (χ3v) is 3.85. The lowest BCUT2D eigenvalue weighted by Gasteiger charge is -2.03. The van der Waals surface area contributed by atoms with E-state index in [0.29, 0.717) is 0 Å². The topological polar surface area (TPSA) is 52.0 Å². The first kappa shape index (κ1) is 15.9. The molecule has 1 aromatic carbocycles. The number of halogens is 2. The SMILES string of the molecule is CCCCCn1ncc2cc(Br)c(Cl)cc21.O=C=O. The van der Waals surface area contributed by atoms with E-state index in [1.165, 1.54) is 19.3 Å². The molecule has 0 saturated heterocycles. The number of unbranched alkanes of at least 4 members (excludes halogenated alkanes) is 2. The van der Waals surface area contributed by atoms with Crippen LogP contribution in [-0.4, -0.2) is 15.9 Å². The summed E-state index contributed by atoms with van der Waals surface area (Å²) < 4.78 is 2.96. The molecule has 1 aromatic heterocycles. The summed E-state index contributed by atoms with van der Waals surface area (Å²) in [6, 6.07) is 3.99. The predicted molar refractivity (Wildman–Crippen MR) is 77.0 cm³/mol. The predicted octanol–water partition coefficient (Wildman–Crippen LogP) is 4.06. The first-order valence-electron chi connectivity index (χ1n) is 5.93. The molecule has 0 aliphatic carbocycles. The number of carbonyl (C=O) groups excluding carboxylic acids is 2. The highest BCUT2D eigenvalue weighted by Gasteiger charge is 2.06. The summed E-state index contributed by atoms with van der Waals surface area (Å²) in [7, 11) is 0. The van der Waals surface area contributed by atoms with Crippen molar-refractivity contribution in [3.8, 4) is 0 Å². The van der Waals surface area contributed by atoms with E-state index in [1.54, 1.807) is 0 Å². The summed E-state index contributed by atoms with van der Waals surface area (Å²) in [5.74, 6) is 0. The standard InChI is InChI=1S/C12H14BrClN2.CO2/c1-2-3-4-5-16-12-7-11(14)10(13)6-9(12)8-15-16;2-1-3/h6-8H,2-5H2,1H3;. The maximum absolute atomic E-state index is 8.12. The van der Waals surface area contributed by atoms with Gasteiger partial charge in [0.2, 0.25) is 0 Å². The Hall–Kier alpha value is -1.16. The van der Waals surface area contributed by atoms with Crippen molar-refractivity contribution in [2.24, 2.45) is 0 Å². The molecule has 19 heavy (non-hydrogen) atoms. The van der Waals surface area contributed by atoms with Gasteiger partial charge in [0.05, 0.1) is 16.7 Å². The zero-order valence-corrected chi connectivity index (χ0v) is 12.9. The summed E-state index contributed by atoms with van der Waals surface area (Å²) in [5, 5.41) is 6.26. The summed E-state index contributed by atoms with van der Waals surface area (Å²) in [6.45, 7) is 3.17. The van der Waals surface area contributed by atoms with Crippen LogP contribution in [0.2, 0.25) is 5.02 Å². The molecule has 0 saturated carbocycles. The van der Waals surface area contributed by atoms with Crippen LogP contribution in [0.1, 0.15) is 26.2 Å². The lowest BCUT2D eigenvalue weighted by molar-refractivity contribution is -0.191. The fourth-order valence-electron chi connectivity index (χ4n) is 1.76. The lowest BCUT2D eigenvalue weighted by Crippen LogP contribution is -1.99. The van der Waals surface area contributed by atoms with Gasteiger partial charge in [-0.1, -0.05) is 31.4 Å². The maximum Gasteiger partial charge on any atom is 0.373 e. The van der Waals surface area contributed by atoms with Crippen LogP contribution in [0.4, 0.5) is 0 Å². The highest BCUT2D eigenvalue weighted by atomic mass is 79.9. The normalized spacial score (nSPS) is 9.84. The number of benzene rings is 1. The molecule has 6 heteroatoms. The van der Waals surface area contributed by atoms with Crippen LogP contribution >= 0.6 is 27.5 Å². The fourth-order valence-corrected chi connectivity index (χ4v) is 2.28. The zero-order valence-electron chi connectivity index (χ0n) is 10.5. The van der Waals surface area contributed by atoms with Gasteiger partial charge in [-0.2, -0.15) is 14.7 Å². The monoisotopic (exact) mass is 344 g/mol. The second-order valence-electron chi connectivity index (χ2n) is 3.98. The van der Waals surface area contributed by atoms with Crippen LogP contribution in [0.15, 0.2) is 22.8 Å². The van der Waals surface area contributed by atoms with Crippen LogP contribution < -0.4 is 0 Å². The molecule has 0 fully saturated rings. The lowest BCUT2D eigenvalue weighted by atomic mass is 10.2. The summed E-state index contributed by atoms with van der Waals surface area (Å²) in [5.41, 5.74) is 1.12. The average molecular weight is 346 g/mol. The van der Waals surface area contributed by atoms with Crippen molar-refractivity contribution in [1.82, 2.24) is 9.78 Å². The van der Waals surface area contributed by atoms with E-state index >= 15 is 0 Å². The van der Waals surface area contributed by atoms with Gasteiger partial charge in [0.1, 0.15) is 0 Å². The third-order valence-electron chi connectivity index (χ3n) is 2.66. The number of aryl methyl sites for hydroxylation is 1. The minimum atomic E-state index is 0.250. The number of hydrogen-bond donors (Lipinski definition) is 0. The van der Waals surface area contributed by atoms with Gasteiger partial charge in [0.15, 0.2) is 0 Å². The molecule has 4 nitrogen and oxygen atoms in total. The number of rotatable bonds is 4. The van der Waals surface area contributed by atoms with Gasteiger partial charge in [-0.3, -0.25) is 4.68 Å². The zero-order chi connectivity index (χ0) is 14.3. The van der Waals surface area contributed by atoms with Crippen molar-refractivity contribution in [3.63, 3.8) is 0 Å². The van der Waals surface area contributed by atoms with Crippen LogP contribution in [0.5, 0.6) is 0 Å². The second kappa shape index (κ2) is 8.10. The number of fused-ring (bicyclic) bond motifs is 1. The van der Waals surface area contributed by atoms with Gasteiger partial charge in [-0.15, -0.1) is 0 Å². The van der Waals surface area contributed by atoms with E-state index in [4.69, 9.17) is 21.2 Å². The Morgan fingerprint density at radius 1 is 1.37 bits per heavy atom. The summed E-state index contributed by atoms with van der Waals surface area (Å²) >= 11 is 9.51. The van der Waals surface area contributed by atoms with E-state index in [0.717, 1.165) is 26.9 Å². The summed E-state index contributed by atoms with van der Waals surface area (Å²) in [6.07, 6.45) is 5.78. The van der Waals surface area contributed by atoms with Crippen molar-refractivity contribution < 1.29 is 9.59 Å². The minimum absolute atomic E-state index is 0.250. The Kier molecular flexibility index (Phi) is 6.78. The van der Waals surface area contributed by atoms with Crippen LogP contribution in [-0.2, 0) is 16.1 Å². The molecule has 0 radical (unpaired) electrons. The van der Waals surface area contributed by atoms with Crippen LogP contribution in [0.25, 0.3) is 10.9 Å². The van der Waals surface area contributed by atoms with E-state index in [2.05, 4.69) is 28.0 Å². The van der Waals surface area contributed by atoms with E-state index in [1.807, 2.05) is 23.0 Å². The molecular weight excluding hydrogens is 332 g/mol. The van der Waals surface area contributed by atoms with Gasteiger partial charge < -0.3 is 0 Å². The van der Waals surface area contributed by atoms with E-state index in [-0.39, 0.29) is 6.15 Å². The second-order valence-corrected chi connectivity index (χ2v) is 5.24. The first-order valence-corrected chi connectivity index (χ1v) is 7.11. The number of hydrogen-bond acceptors (Lipinski definition) is 3. The fraction of sp³-hybridized carbons (Fsp3) is 0.385. The van der Waals surface area contributed by atoms with Crippen molar-refractivity contribution >= 4 is 44.6 Å². The van der Waals surface area contributed by atoms with Crippen molar-refractivity contribution in [1.29, 1.82) is 0 Å². The van der Waals surface area contributed by atoms with Crippen molar-refractivity contribution in [2.45, 2.75) is 32.7 Å². The number of nitrogens with zero attached hydrogens (tertiary/aromatic N) is 2. The molecule has 0 aliphatic rings. The molecule has 1 heterocycles. The summed E-state index contributed by atoms with van der Waals surface area (Å²) in [4.78, 5) is 16.2. The maximum atomic E-state index is 8.12. The Morgan fingerprint density at radius 3 is 2.68 bits per heavy atom. The van der Waals surface area contributed by atoms with Gasteiger partial charge in [-0.05, 0) is 34.5 Å². The third kappa shape index (κ3) is 4.46. The van der Waals surface area contributed by atoms with E-state index < -0.39 is 0 Å². The average Bonchev–Trinajstić information content (AvgIpc) is 2.74. The van der Waals surface area contributed by atoms with Gasteiger partial charge in [0.25, 0.3) is 0 Å². The molecule has 2 aromatic rings. The van der Waals surface area contributed by atoms with Crippen molar-refractivity contribution in [3.05, 3.63) is 27.8 Å². The Balaban J connectivity index is 0.000000550. The molecule has 0 spiro atoms. The molecular formula is C13H14BrClN2O2. The first-order chi connectivity index (χ1) is 9.13. The van der Waals surface area contributed by atoms with Gasteiger partial charge in [0, 0.05) is 16.4 Å². The number of aromatic nitrogens is 2.